The van der Waals surface area contributed by atoms with Crippen molar-refractivity contribution >= 4 is 40.1 Å². The van der Waals surface area contributed by atoms with Gasteiger partial charge in [0.1, 0.15) is 0 Å². The minimum absolute atomic E-state index is 0. The Bertz CT molecular complexity index is 706. The molecule has 1 aromatic carbocycles. The summed E-state index contributed by atoms with van der Waals surface area (Å²) in [7, 11) is 3.25. The summed E-state index contributed by atoms with van der Waals surface area (Å²) in [4.78, 5) is 2.19. The predicted molar refractivity (Wildman–Crippen MR) is 98.4 cm³/mol. The number of rotatable bonds is 3. The second-order valence-corrected chi connectivity index (χ2v) is 8.04. The highest BCUT2D eigenvalue weighted by molar-refractivity contribution is 7.86. The van der Waals surface area contributed by atoms with Crippen molar-refractivity contribution in [1.29, 1.82) is 0 Å². The standard InChI is InChI=1S/C17H19NOS2.ClH/c1-18(2)10-5-8-15-14-7-4-3-6-13(14)12-21(19)17-16(15)9-11-20-17;/h3-4,6-9,11H,5,10,12H2,1-2H3;1H/b15-8-;. The van der Waals surface area contributed by atoms with Gasteiger partial charge >= 0.3 is 0 Å². The molecule has 2 heterocycles. The first-order chi connectivity index (χ1) is 10.2. The van der Waals surface area contributed by atoms with Crippen molar-refractivity contribution in [2.45, 2.75) is 16.4 Å². The van der Waals surface area contributed by atoms with Gasteiger partial charge in [-0.05, 0) is 48.7 Å². The average Bonchev–Trinajstić information content (AvgIpc) is 2.90. The topological polar surface area (TPSA) is 20.3 Å². The van der Waals surface area contributed by atoms with Gasteiger partial charge in [0, 0.05) is 12.1 Å². The maximum absolute atomic E-state index is 12.5. The van der Waals surface area contributed by atoms with Gasteiger partial charge in [0.15, 0.2) is 0 Å². The molecule has 1 aliphatic heterocycles. The Hall–Kier alpha value is -0.940. The van der Waals surface area contributed by atoms with E-state index in [1.165, 1.54) is 16.7 Å². The third kappa shape index (κ3) is 3.51. The van der Waals surface area contributed by atoms with Crippen LogP contribution in [0.15, 0.2) is 46.0 Å². The molecule has 0 amide bonds. The third-order valence-corrected chi connectivity index (χ3v) is 6.40. The summed E-state index contributed by atoms with van der Waals surface area (Å²) >= 11 is 1.61. The molecule has 1 unspecified atom stereocenters. The summed E-state index contributed by atoms with van der Waals surface area (Å²) in [5, 5.41) is 2.05. The second-order valence-electron chi connectivity index (χ2n) is 5.48. The highest BCUT2D eigenvalue weighted by Gasteiger charge is 2.23. The summed E-state index contributed by atoms with van der Waals surface area (Å²) in [6, 6.07) is 10.5. The fourth-order valence-corrected chi connectivity index (χ4v) is 5.11. The van der Waals surface area contributed by atoms with Crippen molar-refractivity contribution in [1.82, 2.24) is 4.90 Å². The van der Waals surface area contributed by atoms with E-state index in [-0.39, 0.29) is 12.4 Å². The predicted octanol–water partition coefficient (Wildman–Crippen LogP) is 4.17. The lowest BCUT2D eigenvalue weighted by Gasteiger charge is -2.11. The Kier molecular flexibility index (Phi) is 5.98. The largest absolute Gasteiger partial charge is 0.309 e. The lowest BCUT2D eigenvalue weighted by molar-refractivity contribution is 0.417. The van der Waals surface area contributed by atoms with Crippen molar-refractivity contribution in [2.24, 2.45) is 0 Å². The zero-order valence-corrected chi connectivity index (χ0v) is 15.2. The van der Waals surface area contributed by atoms with Crippen LogP contribution in [0.25, 0.3) is 5.57 Å². The molecule has 1 aromatic heterocycles. The monoisotopic (exact) mass is 353 g/mol. The highest BCUT2D eigenvalue weighted by Crippen LogP contribution is 2.38. The first kappa shape index (κ1) is 17.4. The molecule has 118 valence electrons. The fraction of sp³-hybridized carbons (Fsp3) is 0.294. The Morgan fingerprint density at radius 2 is 2.00 bits per heavy atom. The second kappa shape index (κ2) is 7.55. The Balaban J connectivity index is 0.00000176. The zero-order valence-electron chi connectivity index (χ0n) is 12.7. The van der Waals surface area contributed by atoms with E-state index in [9.17, 15) is 4.21 Å². The maximum atomic E-state index is 12.5. The van der Waals surface area contributed by atoms with Crippen LogP contribution in [-0.4, -0.2) is 29.7 Å². The summed E-state index contributed by atoms with van der Waals surface area (Å²) < 4.78 is 13.6. The summed E-state index contributed by atoms with van der Waals surface area (Å²) in [5.41, 5.74) is 4.83. The molecule has 22 heavy (non-hydrogen) atoms. The SMILES string of the molecule is CN(C)CC/C=C1/c2ccccc2CS(=O)c2sccc21.Cl. The minimum atomic E-state index is -0.931. The molecule has 0 saturated carbocycles. The quantitative estimate of drug-likeness (QED) is 0.825. The first-order valence-electron chi connectivity index (χ1n) is 7.06. The van der Waals surface area contributed by atoms with Crippen molar-refractivity contribution in [3.8, 4) is 0 Å². The molecular weight excluding hydrogens is 334 g/mol. The first-order valence-corrected chi connectivity index (χ1v) is 9.26. The molecule has 0 saturated heterocycles. The van der Waals surface area contributed by atoms with Crippen LogP contribution in [0.2, 0.25) is 0 Å². The van der Waals surface area contributed by atoms with Crippen LogP contribution in [0.5, 0.6) is 0 Å². The molecule has 0 N–H and O–H groups in total. The lowest BCUT2D eigenvalue weighted by atomic mass is 9.95. The summed E-state index contributed by atoms with van der Waals surface area (Å²) in [6.45, 7) is 1.02. The number of halogens is 1. The molecule has 0 spiro atoms. The van der Waals surface area contributed by atoms with Crippen LogP contribution in [0.1, 0.15) is 23.1 Å². The van der Waals surface area contributed by atoms with E-state index in [0.717, 1.165) is 22.7 Å². The van der Waals surface area contributed by atoms with Crippen LogP contribution in [0.3, 0.4) is 0 Å². The zero-order chi connectivity index (χ0) is 14.8. The minimum Gasteiger partial charge on any atom is -0.309 e. The van der Waals surface area contributed by atoms with Crippen LogP contribution >= 0.6 is 23.7 Å². The van der Waals surface area contributed by atoms with Gasteiger partial charge in [-0.2, -0.15) is 0 Å². The fourth-order valence-electron chi connectivity index (χ4n) is 2.62. The van der Waals surface area contributed by atoms with Gasteiger partial charge in [-0.3, -0.25) is 4.21 Å². The van der Waals surface area contributed by atoms with Gasteiger partial charge in [0.05, 0.1) is 20.8 Å². The van der Waals surface area contributed by atoms with E-state index in [0.29, 0.717) is 5.75 Å². The highest BCUT2D eigenvalue weighted by atomic mass is 35.5. The van der Waals surface area contributed by atoms with Crippen LogP contribution in [0.4, 0.5) is 0 Å². The van der Waals surface area contributed by atoms with Crippen LogP contribution < -0.4 is 0 Å². The Labute approximate surface area is 144 Å². The molecular formula is C17H20ClNOS2. The van der Waals surface area contributed by atoms with Crippen molar-refractivity contribution in [3.05, 3.63) is 58.5 Å². The van der Waals surface area contributed by atoms with E-state index in [2.05, 4.69) is 54.7 Å². The molecule has 0 radical (unpaired) electrons. The average molecular weight is 354 g/mol. The smallest absolute Gasteiger partial charge is 0.0992 e. The van der Waals surface area contributed by atoms with Crippen LogP contribution in [0, 0.1) is 0 Å². The molecule has 1 aliphatic rings. The molecule has 0 fully saturated rings. The van der Waals surface area contributed by atoms with E-state index >= 15 is 0 Å². The lowest BCUT2D eigenvalue weighted by Crippen LogP contribution is -2.12. The van der Waals surface area contributed by atoms with E-state index < -0.39 is 10.8 Å². The van der Waals surface area contributed by atoms with E-state index in [4.69, 9.17) is 0 Å². The van der Waals surface area contributed by atoms with Crippen molar-refractivity contribution in [2.75, 3.05) is 20.6 Å². The molecule has 3 rings (SSSR count). The molecule has 5 heteroatoms. The third-order valence-electron chi connectivity index (χ3n) is 3.65. The molecule has 0 aliphatic carbocycles. The van der Waals surface area contributed by atoms with Gasteiger partial charge in [-0.1, -0.05) is 30.3 Å². The van der Waals surface area contributed by atoms with Gasteiger partial charge in [-0.25, -0.2) is 0 Å². The van der Waals surface area contributed by atoms with Crippen molar-refractivity contribution in [3.63, 3.8) is 0 Å². The maximum Gasteiger partial charge on any atom is 0.0992 e. The molecule has 2 aromatic rings. The molecule has 1 atom stereocenters. The van der Waals surface area contributed by atoms with E-state index in [1.54, 1.807) is 11.3 Å². The molecule has 0 bridgehead atoms. The summed E-state index contributed by atoms with van der Waals surface area (Å²) in [5.74, 6) is 0.620. The van der Waals surface area contributed by atoms with E-state index in [1.807, 2.05) is 6.07 Å². The Morgan fingerprint density at radius 1 is 1.23 bits per heavy atom. The van der Waals surface area contributed by atoms with Gasteiger partial charge < -0.3 is 4.90 Å². The summed E-state index contributed by atoms with van der Waals surface area (Å²) in [6.07, 6.45) is 3.30. The van der Waals surface area contributed by atoms with Gasteiger partial charge in [0.2, 0.25) is 0 Å². The Morgan fingerprint density at radius 3 is 2.77 bits per heavy atom. The number of hydrogen-bond acceptors (Lipinski definition) is 3. The number of fused-ring (bicyclic) bond motifs is 2. The number of nitrogens with zero attached hydrogens (tertiary/aromatic N) is 1. The molecule has 2 nitrogen and oxygen atoms in total. The van der Waals surface area contributed by atoms with Crippen LogP contribution in [-0.2, 0) is 16.6 Å². The van der Waals surface area contributed by atoms with Crippen molar-refractivity contribution < 1.29 is 4.21 Å². The number of thiophene rings is 1. The number of hydrogen-bond donors (Lipinski definition) is 0. The number of benzene rings is 1. The van der Waals surface area contributed by atoms with Gasteiger partial charge in [0.25, 0.3) is 0 Å². The normalized spacial score (nSPS) is 18.5. The van der Waals surface area contributed by atoms with Gasteiger partial charge in [-0.15, -0.1) is 23.7 Å².